The van der Waals surface area contributed by atoms with Gasteiger partial charge in [0.05, 0.1) is 5.54 Å². The highest BCUT2D eigenvalue weighted by Crippen LogP contribution is 2.25. The number of anilines is 1. The molecule has 1 aromatic heterocycles. The maximum absolute atomic E-state index is 11.1. The molecule has 1 aliphatic heterocycles. The molecule has 5 N–H and O–H groups in total. The summed E-state index contributed by atoms with van der Waals surface area (Å²) < 4.78 is 5.34. The average molecular weight is 250 g/mol. The number of carbonyl (C=O) groups excluding carboxylic acids is 1. The first-order valence-electron chi connectivity index (χ1n) is 5.97. The van der Waals surface area contributed by atoms with E-state index < -0.39 is 5.91 Å². The van der Waals surface area contributed by atoms with Crippen molar-refractivity contribution in [1.29, 1.82) is 0 Å². The standard InChI is InChI=1S/C12H18N4O2/c13-8-12(2-5-18-6-3-12)16-9-1-4-15-10(7-9)11(14)17/h1,4,7H,2-3,5-6,8,13H2,(H2,14,17)(H,15,16). The minimum atomic E-state index is -0.535. The van der Waals surface area contributed by atoms with E-state index in [1.54, 1.807) is 18.3 Å². The van der Waals surface area contributed by atoms with Gasteiger partial charge in [0.25, 0.3) is 5.91 Å². The molecule has 1 saturated heterocycles. The van der Waals surface area contributed by atoms with Crippen LogP contribution in [0.2, 0.25) is 0 Å². The molecule has 0 unspecified atom stereocenters. The normalized spacial score (nSPS) is 18.3. The van der Waals surface area contributed by atoms with E-state index >= 15 is 0 Å². The van der Waals surface area contributed by atoms with Crippen LogP contribution in [0.4, 0.5) is 5.69 Å². The van der Waals surface area contributed by atoms with Gasteiger partial charge in [-0.25, -0.2) is 0 Å². The third-order valence-electron chi connectivity index (χ3n) is 3.26. The summed E-state index contributed by atoms with van der Waals surface area (Å²) in [6.45, 7) is 1.90. The zero-order valence-electron chi connectivity index (χ0n) is 10.2. The Labute approximate surface area is 106 Å². The number of aromatic nitrogens is 1. The van der Waals surface area contributed by atoms with Gasteiger partial charge in [0, 0.05) is 31.6 Å². The molecular formula is C12H18N4O2. The van der Waals surface area contributed by atoms with Gasteiger partial charge in [-0.05, 0) is 25.0 Å². The number of rotatable bonds is 4. The number of nitrogens with zero attached hydrogens (tertiary/aromatic N) is 1. The minimum Gasteiger partial charge on any atom is -0.381 e. The number of carbonyl (C=O) groups is 1. The Hall–Kier alpha value is -1.66. The van der Waals surface area contributed by atoms with Gasteiger partial charge in [-0.3, -0.25) is 9.78 Å². The lowest BCUT2D eigenvalue weighted by Crippen LogP contribution is -2.49. The zero-order chi connectivity index (χ0) is 13.0. The van der Waals surface area contributed by atoms with Crippen LogP contribution in [-0.4, -0.2) is 36.2 Å². The minimum absolute atomic E-state index is 0.172. The van der Waals surface area contributed by atoms with Crippen molar-refractivity contribution in [2.45, 2.75) is 18.4 Å². The highest BCUT2D eigenvalue weighted by molar-refractivity contribution is 5.91. The molecule has 18 heavy (non-hydrogen) atoms. The summed E-state index contributed by atoms with van der Waals surface area (Å²) in [5.74, 6) is -0.535. The van der Waals surface area contributed by atoms with E-state index in [2.05, 4.69) is 10.3 Å². The molecule has 0 bridgehead atoms. The van der Waals surface area contributed by atoms with E-state index in [1.165, 1.54) is 0 Å². The van der Waals surface area contributed by atoms with Crippen LogP contribution in [0.15, 0.2) is 18.3 Å². The monoisotopic (exact) mass is 250 g/mol. The Morgan fingerprint density at radius 2 is 2.22 bits per heavy atom. The number of amides is 1. The molecule has 0 spiro atoms. The van der Waals surface area contributed by atoms with Crippen LogP contribution < -0.4 is 16.8 Å². The summed E-state index contributed by atoms with van der Waals surface area (Å²) in [6.07, 6.45) is 3.25. The summed E-state index contributed by atoms with van der Waals surface area (Å²) in [4.78, 5) is 15.0. The third kappa shape index (κ3) is 2.77. The van der Waals surface area contributed by atoms with Crippen molar-refractivity contribution in [1.82, 2.24) is 4.98 Å². The predicted molar refractivity (Wildman–Crippen MR) is 68.2 cm³/mol. The van der Waals surface area contributed by atoms with Crippen molar-refractivity contribution < 1.29 is 9.53 Å². The molecule has 0 aromatic carbocycles. The fourth-order valence-corrected chi connectivity index (χ4v) is 2.09. The van der Waals surface area contributed by atoms with Crippen LogP contribution in [-0.2, 0) is 4.74 Å². The molecule has 6 nitrogen and oxygen atoms in total. The second-order valence-electron chi connectivity index (χ2n) is 4.52. The first-order valence-corrected chi connectivity index (χ1v) is 5.97. The Morgan fingerprint density at radius 1 is 1.50 bits per heavy atom. The van der Waals surface area contributed by atoms with E-state index in [4.69, 9.17) is 16.2 Å². The van der Waals surface area contributed by atoms with Gasteiger partial charge >= 0.3 is 0 Å². The number of hydrogen-bond donors (Lipinski definition) is 3. The lowest BCUT2D eigenvalue weighted by molar-refractivity contribution is 0.0628. The third-order valence-corrected chi connectivity index (χ3v) is 3.26. The summed E-state index contributed by atoms with van der Waals surface area (Å²) in [6, 6.07) is 3.45. The number of ether oxygens (including phenoxy) is 1. The fourth-order valence-electron chi connectivity index (χ4n) is 2.09. The maximum Gasteiger partial charge on any atom is 0.267 e. The molecule has 1 aliphatic rings. The van der Waals surface area contributed by atoms with E-state index in [1.807, 2.05) is 0 Å². The lowest BCUT2D eigenvalue weighted by Gasteiger charge is -2.37. The second kappa shape index (κ2) is 5.32. The highest BCUT2D eigenvalue weighted by atomic mass is 16.5. The van der Waals surface area contributed by atoms with Gasteiger partial charge < -0.3 is 21.5 Å². The van der Waals surface area contributed by atoms with Crippen molar-refractivity contribution in [3.8, 4) is 0 Å². The molecule has 1 fully saturated rings. The molecule has 2 rings (SSSR count). The highest BCUT2D eigenvalue weighted by Gasteiger charge is 2.31. The number of pyridine rings is 1. The molecule has 0 radical (unpaired) electrons. The Bertz CT molecular complexity index is 430. The van der Waals surface area contributed by atoms with Crippen LogP contribution in [0.3, 0.4) is 0 Å². The molecule has 1 amide bonds. The number of primary amides is 1. The first kappa shape index (κ1) is 12.8. The molecular weight excluding hydrogens is 232 g/mol. The number of nitrogens with one attached hydrogen (secondary N) is 1. The maximum atomic E-state index is 11.1. The van der Waals surface area contributed by atoms with Crippen LogP contribution in [0, 0.1) is 0 Å². The van der Waals surface area contributed by atoms with Crippen molar-refractivity contribution in [3.63, 3.8) is 0 Å². The zero-order valence-corrected chi connectivity index (χ0v) is 10.2. The average Bonchev–Trinajstić information content (AvgIpc) is 2.40. The summed E-state index contributed by atoms with van der Waals surface area (Å²) >= 11 is 0. The van der Waals surface area contributed by atoms with E-state index in [9.17, 15) is 4.79 Å². The van der Waals surface area contributed by atoms with Crippen molar-refractivity contribution >= 4 is 11.6 Å². The summed E-state index contributed by atoms with van der Waals surface area (Å²) in [5.41, 5.74) is 12.0. The van der Waals surface area contributed by atoms with Gasteiger partial charge in [-0.15, -0.1) is 0 Å². The SMILES string of the molecule is NCC1(Nc2ccnc(C(N)=O)c2)CCOCC1. The molecule has 2 heterocycles. The lowest BCUT2D eigenvalue weighted by atomic mass is 9.90. The number of hydrogen-bond acceptors (Lipinski definition) is 5. The molecule has 1 aromatic rings. The Balaban J connectivity index is 2.16. The van der Waals surface area contributed by atoms with E-state index in [0.717, 1.165) is 18.5 Å². The molecule has 0 aliphatic carbocycles. The Morgan fingerprint density at radius 3 is 2.83 bits per heavy atom. The van der Waals surface area contributed by atoms with Crippen molar-refractivity contribution in [2.75, 3.05) is 25.1 Å². The molecule has 98 valence electrons. The topological polar surface area (TPSA) is 103 Å². The smallest absolute Gasteiger partial charge is 0.267 e. The van der Waals surface area contributed by atoms with Gasteiger partial charge in [-0.2, -0.15) is 0 Å². The van der Waals surface area contributed by atoms with Crippen LogP contribution >= 0.6 is 0 Å². The van der Waals surface area contributed by atoms with Gasteiger partial charge in [0.15, 0.2) is 0 Å². The molecule has 0 saturated carbocycles. The van der Waals surface area contributed by atoms with Crippen LogP contribution in [0.5, 0.6) is 0 Å². The van der Waals surface area contributed by atoms with Crippen molar-refractivity contribution in [3.05, 3.63) is 24.0 Å². The van der Waals surface area contributed by atoms with E-state index in [-0.39, 0.29) is 11.2 Å². The van der Waals surface area contributed by atoms with Crippen molar-refractivity contribution in [2.24, 2.45) is 11.5 Å². The first-order chi connectivity index (χ1) is 8.65. The summed E-state index contributed by atoms with van der Waals surface area (Å²) in [5, 5.41) is 3.39. The molecule has 0 atom stereocenters. The van der Waals surface area contributed by atoms with E-state index in [0.29, 0.717) is 19.8 Å². The second-order valence-corrected chi connectivity index (χ2v) is 4.52. The quantitative estimate of drug-likeness (QED) is 0.703. The van der Waals surface area contributed by atoms with Gasteiger partial charge in [-0.1, -0.05) is 0 Å². The predicted octanol–water partition coefficient (Wildman–Crippen LogP) is 0.100. The van der Waals surface area contributed by atoms with Crippen LogP contribution in [0.1, 0.15) is 23.3 Å². The van der Waals surface area contributed by atoms with Crippen LogP contribution in [0.25, 0.3) is 0 Å². The Kier molecular flexibility index (Phi) is 3.78. The van der Waals surface area contributed by atoms with Gasteiger partial charge in [0.1, 0.15) is 5.69 Å². The number of nitrogens with two attached hydrogens (primary N) is 2. The molecule has 6 heteroatoms. The summed E-state index contributed by atoms with van der Waals surface area (Å²) in [7, 11) is 0. The fraction of sp³-hybridized carbons (Fsp3) is 0.500. The largest absolute Gasteiger partial charge is 0.381 e. The van der Waals surface area contributed by atoms with Gasteiger partial charge in [0.2, 0.25) is 0 Å².